The van der Waals surface area contributed by atoms with E-state index in [1.807, 2.05) is 36.4 Å². The third-order valence-electron chi connectivity index (χ3n) is 5.22. The molecule has 0 radical (unpaired) electrons. The zero-order valence-electron chi connectivity index (χ0n) is 13.8. The van der Waals surface area contributed by atoms with Crippen LogP contribution in [0.5, 0.6) is 0 Å². The van der Waals surface area contributed by atoms with E-state index in [0.29, 0.717) is 12.1 Å². The van der Waals surface area contributed by atoms with Crippen LogP contribution in [0.25, 0.3) is 0 Å². The number of imide groups is 1. The van der Waals surface area contributed by atoms with Crippen LogP contribution in [0.1, 0.15) is 6.42 Å². The van der Waals surface area contributed by atoms with E-state index in [1.165, 1.54) is 4.90 Å². The van der Waals surface area contributed by atoms with Gasteiger partial charge in [0.2, 0.25) is 17.7 Å². The Labute approximate surface area is 145 Å². The van der Waals surface area contributed by atoms with Crippen molar-refractivity contribution in [1.29, 1.82) is 0 Å². The molecule has 25 heavy (non-hydrogen) atoms. The summed E-state index contributed by atoms with van der Waals surface area (Å²) in [6.45, 7) is 0. The van der Waals surface area contributed by atoms with Gasteiger partial charge in [-0.3, -0.25) is 19.3 Å². The van der Waals surface area contributed by atoms with Gasteiger partial charge in [0.05, 0.1) is 23.4 Å². The summed E-state index contributed by atoms with van der Waals surface area (Å²) >= 11 is 0. The quantitative estimate of drug-likeness (QED) is 0.810. The highest BCUT2D eigenvalue weighted by Gasteiger charge is 2.61. The predicted octanol–water partition coefficient (Wildman–Crippen LogP) is 2.48. The fourth-order valence-corrected chi connectivity index (χ4v) is 3.79. The van der Waals surface area contributed by atoms with Gasteiger partial charge in [0.25, 0.3) is 0 Å². The predicted molar refractivity (Wildman–Crippen MR) is 93.9 cm³/mol. The van der Waals surface area contributed by atoms with Crippen molar-refractivity contribution >= 4 is 29.1 Å². The summed E-state index contributed by atoms with van der Waals surface area (Å²) in [5.41, 5.74) is 1.36. The molecule has 1 aliphatic heterocycles. The SMILES string of the molecule is CN(C(=O)[C@@H]1C[C@@H]2C(=O)N(c3ccccc3)C(=O)[C@@H]21)c1ccccc1. The van der Waals surface area contributed by atoms with Gasteiger partial charge >= 0.3 is 0 Å². The fraction of sp³-hybridized carbons (Fsp3) is 0.250. The van der Waals surface area contributed by atoms with Gasteiger partial charge in [0, 0.05) is 12.7 Å². The van der Waals surface area contributed by atoms with Gasteiger partial charge in [-0.15, -0.1) is 0 Å². The molecule has 1 saturated carbocycles. The Morgan fingerprint density at radius 1 is 0.960 bits per heavy atom. The molecular formula is C20H18N2O3. The van der Waals surface area contributed by atoms with E-state index in [9.17, 15) is 14.4 Å². The molecule has 2 aromatic rings. The van der Waals surface area contributed by atoms with Crippen LogP contribution >= 0.6 is 0 Å². The molecule has 1 saturated heterocycles. The number of benzene rings is 2. The Morgan fingerprint density at radius 3 is 2.20 bits per heavy atom. The Bertz CT molecular complexity index is 835. The Balaban J connectivity index is 1.56. The molecule has 5 heteroatoms. The molecule has 0 unspecified atom stereocenters. The molecule has 0 aromatic heterocycles. The van der Waals surface area contributed by atoms with Crippen molar-refractivity contribution in [2.24, 2.45) is 17.8 Å². The van der Waals surface area contributed by atoms with E-state index in [0.717, 1.165) is 5.69 Å². The highest BCUT2D eigenvalue weighted by atomic mass is 16.2. The molecule has 2 aliphatic rings. The van der Waals surface area contributed by atoms with E-state index in [-0.39, 0.29) is 23.6 Å². The maximum atomic E-state index is 12.8. The number of para-hydroxylation sites is 2. The Morgan fingerprint density at radius 2 is 1.56 bits per heavy atom. The minimum Gasteiger partial charge on any atom is -0.315 e. The smallest absolute Gasteiger partial charge is 0.238 e. The number of fused-ring (bicyclic) bond motifs is 1. The first kappa shape index (κ1) is 15.6. The second-order valence-corrected chi connectivity index (χ2v) is 6.55. The summed E-state index contributed by atoms with van der Waals surface area (Å²) in [7, 11) is 1.71. The Hall–Kier alpha value is -2.95. The lowest BCUT2D eigenvalue weighted by atomic mass is 9.65. The number of anilines is 2. The van der Waals surface area contributed by atoms with Crippen LogP contribution in [0.15, 0.2) is 60.7 Å². The average molecular weight is 334 g/mol. The van der Waals surface area contributed by atoms with Crippen LogP contribution in [0.2, 0.25) is 0 Å². The van der Waals surface area contributed by atoms with E-state index in [2.05, 4.69) is 0 Å². The average Bonchev–Trinajstić information content (AvgIpc) is 2.80. The summed E-state index contributed by atoms with van der Waals surface area (Å²) in [6.07, 6.45) is 0.439. The molecule has 126 valence electrons. The third-order valence-corrected chi connectivity index (χ3v) is 5.22. The van der Waals surface area contributed by atoms with E-state index < -0.39 is 11.8 Å². The monoisotopic (exact) mass is 334 g/mol. The van der Waals surface area contributed by atoms with E-state index >= 15 is 0 Å². The lowest BCUT2D eigenvalue weighted by molar-refractivity contribution is -0.139. The lowest BCUT2D eigenvalue weighted by Gasteiger charge is -2.37. The van der Waals surface area contributed by atoms with Crippen molar-refractivity contribution < 1.29 is 14.4 Å². The van der Waals surface area contributed by atoms with Crippen molar-refractivity contribution in [2.45, 2.75) is 6.42 Å². The number of carbonyl (C=O) groups excluding carboxylic acids is 3. The number of rotatable bonds is 3. The molecular weight excluding hydrogens is 316 g/mol. The van der Waals surface area contributed by atoms with Crippen LogP contribution in [0.4, 0.5) is 11.4 Å². The summed E-state index contributed by atoms with van der Waals surface area (Å²) in [5.74, 6) is -1.89. The van der Waals surface area contributed by atoms with Crippen LogP contribution in [-0.2, 0) is 14.4 Å². The topological polar surface area (TPSA) is 57.7 Å². The number of nitrogens with zero attached hydrogens (tertiary/aromatic N) is 2. The molecule has 0 bridgehead atoms. The summed E-state index contributed by atoms with van der Waals surface area (Å²) < 4.78 is 0. The molecule has 0 spiro atoms. The molecule has 2 fully saturated rings. The normalized spacial score (nSPS) is 24.7. The van der Waals surface area contributed by atoms with E-state index in [1.54, 1.807) is 36.2 Å². The van der Waals surface area contributed by atoms with E-state index in [4.69, 9.17) is 0 Å². The van der Waals surface area contributed by atoms with Crippen molar-refractivity contribution in [1.82, 2.24) is 0 Å². The maximum Gasteiger partial charge on any atom is 0.238 e. The Kier molecular flexibility index (Phi) is 3.64. The van der Waals surface area contributed by atoms with Gasteiger partial charge < -0.3 is 4.90 Å². The lowest BCUT2D eigenvalue weighted by Crippen LogP contribution is -2.48. The van der Waals surface area contributed by atoms with Crippen molar-refractivity contribution in [2.75, 3.05) is 16.8 Å². The molecule has 4 rings (SSSR count). The van der Waals surface area contributed by atoms with Gasteiger partial charge in [-0.25, -0.2) is 0 Å². The molecule has 3 amide bonds. The maximum absolute atomic E-state index is 12.8. The molecule has 3 atom stereocenters. The largest absolute Gasteiger partial charge is 0.315 e. The second kappa shape index (κ2) is 5.84. The minimum atomic E-state index is -0.536. The van der Waals surface area contributed by atoms with Crippen molar-refractivity contribution in [3.63, 3.8) is 0 Å². The van der Waals surface area contributed by atoms with Crippen LogP contribution in [0.3, 0.4) is 0 Å². The van der Waals surface area contributed by atoms with Crippen LogP contribution in [0, 0.1) is 17.8 Å². The zero-order valence-corrected chi connectivity index (χ0v) is 13.8. The highest BCUT2D eigenvalue weighted by molar-refractivity contribution is 6.24. The second-order valence-electron chi connectivity index (χ2n) is 6.55. The van der Waals surface area contributed by atoms with Gasteiger partial charge in [0.15, 0.2) is 0 Å². The van der Waals surface area contributed by atoms with Gasteiger partial charge in [-0.2, -0.15) is 0 Å². The zero-order chi connectivity index (χ0) is 17.6. The van der Waals surface area contributed by atoms with Gasteiger partial charge in [-0.05, 0) is 30.7 Å². The minimum absolute atomic E-state index is 0.108. The summed E-state index contributed by atoms with van der Waals surface area (Å²) in [5, 5.41) is 0. The number of hydrogen-bond donors (Lipinski definition) is 0. The third kappa shape index (κ3) is 2.35. The first-order valence-electron chi connectivity index (χ1n) is 8.35. The van der Waals surface area contributed by atoms with Crippen LogP contribution in [-0.4, -0.2) is 24.8 Å². The standard InChI is InChI=1S/C20H18N2O3/c1-21(13-8-4-2-5-9-13)18(23)15-12-16-17(15)20(25)22(19(16)24)14-10-6-3-7-11-14/h2-11,15-17H,12H2,1H3/t15-,16+,17-/m1/s1. The van der Waals surface area contributed by atoms with Crippen molar-refractivity contribution in [3.8, 4) is 0 Å². The molecule has 0 N–H and O–H groups in total. The molecule has 1 heterocycles. The first-order chi connectivity index (χ1) is 12.1. The molecule has 5 nitrogen and oxygen atoms in total. The molecule has 1 aliphatic carbocycles. The molecule has 2 aromatic carbocycles. The number of amides is 3. The van der Waals surface area contributed by atoms with Gasteiger partial charge in [0.1, 0.15) is 0 Å². The summed E-state index contributed by atoms with van der Waals surface area (Å²) in [6, 6.07) is 18.2. The highest BCUT2D eigenvalue weighted by Crippen LogP contribution is 2.49. The summed E-state index contributed by atoms with van der Waals surface area (Å²) in [4.78, 5) is 41.0. The number of hydrogen-bond acceptors (Lipinski definition) is 3. The van der Waals surface area contributed by atoms with Gasteiger partial charge in [-0.1, -0.05) is 36.4 Å². The number of carbonyl (C=O) groups is 3. The van der Waals surface area contributed by atoms with Crippen molar-refractivity contribution in [3.05, 3.63) is 60.7 Å². The fourth-order valence-electron chi connectivity index (χ4n) is 3.79. The van der Waals surface area contributed by atoms with Crippen LogP contribution < -0.4 is 9.80 Å². The first-order valence-corrected chi connectivity index (χ1v) is 8.35.